The first-order chi connectivity index (χ1) is 37.9. The second-order valence-electron chi connectivity index (χ2n) is 26.5. The Morgan fingerprint density at radius 1 is 0.564 bits per heavy atom. The van der Waals surface area contributed by atoms with Crippen LogP contribution in [0.15, 0.2) is 103 Å². The lowest BCUT2D eigenvalue weighted by atomic mass is 9.80. The van der Waals surface area contributed by atoms with Gasteiger partial charge in [-0.15, -0.1) is 0 Å². The molecular weight excluding hydrogens is 968 g/mol. The summed E-state index contributed by atoms with van der Waals surface area (Å²) >= 11 is 0. The largest absolute Gasteiger partial charge is 0.480 e. The van der Waals surface area contributed by atoms with Gasteiger partial charge in [0.2, 0.25) is 0 Å². The molecule has 0 amide bonds. The van der Waals surface area contributed by atoms with E-state index in [1.54, 1.807) is 12.1 Å². The van der Waals surface area contributed by atoms with Crippen LogP contribution in [0.4, 0.5) is 4.39 Å². The van der Waals surface area contributed by atoms with Crippen molar-refractivity contribution in [2.75, 3.05) is 65.4 Å². The van der Waals surface area contributed by atoms with Crippen LogP contribution in [0.3, 0.4) is 0 Å². The maximum absolute atomic E-state index is 13.2. The molecule has 4 aliphatic heterocycles. The first-order valence-electron chi connectivity index (χ1n) is 31.2. The summed E-state index contributed by atoms with van der Waals surface area (Å²) in [5.74, 6) is 3.19. The van der Waals surface area contributed by atoms with Gasteiger partial charge in [0.15, 0.2) is 0 Å². The average Bonchev–Trinajstić information content (AvgIpc) is 3.87. The topological polar surface area (TPSA) is 87.6 Å². The van der Waals surface area contributed by atoms with Crippen LogP contribution < -0.4 is 0 Å². The number of likely N-dealkylation sites (tertiary alicyclic amines) is 4. The number of aryl methyl sites for hydroxylation is 3. The van der Waals surface area contributed by atoms with Crippen LogP contribution in [0.5, 0.6) is 0 Å². The number of hydrogen-bond acceptors (Lipinski definition) is 6. The molecule has 9 heteroatoms. The van der Waals surface area contributed by atoms with E-state index in [0.717, 1.165) is 83.5 Å². The van der Waals surface area contributed by atoms with Gasteiger partial charge in [-0.3, -0.25) is 19.4 Å². The molecular formula is C69H95FN4O4. The van der Waals surface area contributed by atoms with Crippen LogP contribution in [0.2, 0.25) is 0 Å². The number of rotatable bonds is 22. The van der Waals surface area contributed by atoms with E-state index >= 15 is 0 Å². The number of halogens is 1. The molecule has 8 nitrogen and oxygen atoms in total. The molecule has 0 bridgehead atoms. The van der Waals surface area contributed by atoms with Gasteiger partial charge in [0.1, 0.15) is 17.9 Å². The third-order valence-corrected chi connectivity index (χ3v) is 20.6. The summed E-state index contributed by atoms with van der Waals surface area (Å²) in [6.45, 7) is 14.7. The Balaban J connectivity index is 0.000000176. The second-order valence-corrected chi connectivity index (χ2v) is 26.5. The molecule has 0 unspecified atom stereocenters. The van der Waals surface area contributed by atoms with Crippen molar-refractivity contribution in [3.8, 4) is 0 Å². The van der Waals surface area contributed by atoms with Crippen LogP contribution in [0.1, 0.15) is 161 Å². The zero-order valence-corrected chi connectivity index (χ0v) is 47.7. The molecule has 7 fully saturated rings. The molecule has 0 spiro atoms. The Labute approximate surface area is 468 Å². The van der Waals surface area contributed by atoms with Gasteiger partial charge in [-0.25, -0.2) is 4.39 Å². The van der Waals surface area contributed by atoms with Crippen LogP contribution in [0, 0.1) is 60.6 Å². The number of carboxylic acids is 2. The van der Waals surface area contributed by atoms with Gasteiger partial charge in [0.05, 0.1) is 0 Å². The quantitative estimate of drug-likeness (QED) is 0.0805. The molecule has 7 aliphatic rings. The van der Waals surface area contributed by atoms with E-state index in [4.69, 9.17) is 0 Å². The third kappa shape index (κ3) is 15.5. The number of nitrogens with zero attached hydrogens (tertiary/aromatic N) is 4. The number of carbonyl (C=O) groups is 2. The van der Waals surface area contributed by atoms with E-state index in [1.807, 2.05) is 12.1 Å². The van der Waals surface area contributed by atoms with E-state index in [9.17, 15) is 24.2 Å². The monoisotopic (exact) mass is 1060 g/mol. The zero-order valence-electron chi connectivity index (χ0n) is 47.7. The van der Waals surface area contributed by atoms with Gasteiger partial charge in [-0.1, -0.05) is 153 Å². The molecule has 3 saturated carbocycles. The lowest BCUT2D eigenvalue weighted by Gasteiger charge is -2.36. The van der Waals surface area contributed by atoms with E-state index in [0.29, 0.717) is 40.9 Å². The molecule has 422 valence electrons. The van der Waals surface area contributed by atoms with Gasteiger partial charge in [0, 0.05) is 51.1 Å². The van der Waals surface area contributed by atoms with Gasteiger partial charge >= 0.3 is 11.9 Å². The van der Waals surface area contributed by atoms with Crippen molar-refractivity contribution >= 4 is 11.9 Å². The Morgan fingerprint density at radius 2 is 1.06 bits per heavy atom. The Bertz CT molecular complexity index is 2510. The number of hydrogen-bond donors (Lipinski definition) is 2. The van der Waals surface area contributed by atoms with E-state index in [-0.39, 0.29) is 17.9 Å². The number of benzene rings is 4. The molecule has 6 atom stereocenters. The molecule has 0 aromatic heterocycles. The SMILES string of the molecule is Cc1cccc([C@H]2CN([C@H](CC3CCC3)C(=O)O)C[C@@H]2CN2CCC(CC3(Cc4ccccc4)CC3)CC2)c1.Cc1cccc([C@H]2CN([C@H](CC3CCCC3)C(=O)O)C[C@@H]2CN2CCC(CCCc3ccc(F)cc3)CC2)c1. The summed E-state index contributed by atoms with van der Waals surface area (Å²) in [6, 6.07) is 35.3. The first-order valence-corrected chi connectivity index (χ1v) is 31.2. The van der Waals surface area contributed by atoms with E-state index in [2.05, 4.69) is 112 Å². The van der Waals surface area contributed by atoms with Crippen LogP contribution >= 0.6 is 0 Å². The van der Waals surface area contributed by atoms with Crippen molar-refractivity contribution in [1.29, 1.82) is 0 Å². The Kier molecular flexibility index (Phi) is 19.6. The fraction of sp³-hybridized carbons (Fsp3) is 0.623. The molecule has 4 saturated heterocycles. The minimum absolute atomic E-state index is 0.159. The highest BCUT2D eigenvalue weighted by Gasteiger charge is 2.46. The van der Waals surface area contributed by atoms with Crippen molar-refractivity contribution in [2.45, 2.75) is 166 Å². The van der Waals surface area contributed by atoms with E-state index in [1.165, 1.54) is 156 Å². The number of carboxylic acid groups (broad SMARTS) is 2. The maximum atomic E-state index is 13.2. The molecule has 0 radical (unpaired) electrons. The van der Waals surface area contributed by atoms with Crippen LogP contribution in [-0.4, -0.2) is 119 Å². The molecule has 2 N–H and O–H groups in total. The molecule has 4 aromatic carbocycles. The predicted molar refractivity (Wildman–Crippen MR) is 313 cm³/mol. The summed E-state index contributed by atoms with van der Waals surface area (Å²) in [4.78, 5) is 34.8. The maximum Gasteiger partial charge on any atom is 0.320 e. The fourth-order valence-corrected chi connectivity index (χ4v) is 15.7. The summed E-state index contributed by atoms with van der Waals surface area (Å²) in [5, 5.41) is 20.4. The predicted octanol–water partition coefficient (Wildman–Crippen LogP) is 13.7. The lowest BCUT2D eigenvalue weighted by molar-refractivity contribution is -0.144. The van der Waals surface area contributed by atoms with Gasteiger partial charge in [-0.2, -0.15) is 0 Å². The zero-order chi connectivity index (χ0) is 54.0. The Morgan fingerprint density at radius 3 is 1.53 bits per heavy atom. The van der Waals surface area contributed by atoms with Crippen LogP contribution in [-0.2, 0) is 22.4 Å². The molecule has 4 aromatic rings. The molecule has 4 heterocycles. The highest BCUT2D eigenvalue weighted by Crippen LogP contribution is 2.54. The van der Waals surface area contributed by atoms with Crippen molar-refractivity contribution in [3.05, 3.63) is 142 Å². The number of piperidine rings is 2. The Hall–Kier alpha value is -4.41. The highest BCUT2D eigenvalue weighted by molar-refractivity contribution is 5.74. The van der Waals surface area contributed by atoms with Crippen molar-refractivity contribution < 1.29 is 24.2 Å². The van der Waals surface area contributed by atoms with E-state index < -0.39 is 11.9 Å². The highest BCUT2D eigenvalue weighted by atomic mass is 19.1. The summed E-state index contributed by atoms with van der Waals surface area (Å²) in [5.41, 5.74) is 8.69. The van der Waals surface area contributed by atoms with Crippen molar-refractivity contribution in [3.63, 3.8) is 0 Å². The smallest absolute Gasteiger partial charge is 0.320 e. The molecule has 78 heavy (non-hydrogen) atoms. The summed E-state index contributed by atoms with van der Waals surface area (Å²) < 4.78 is 13.2. The lowest BCUT2D eigenvalue weighted by Crippen LogP contribution is -2.43. The third-order valence-electron chi connectivity index (χ3n) is 20.6. The summed E-state index contributed by atoms with van der Waals surface area (Å²) in [6.07, 6.45) is 24.3. The fourth-order valence-electron chi connectivity index (χ4n) is 15.7. The second kappa shape index (κ2) is 26.9. The minimum Gasteiger partial charge on any atom is -0.480 e. The minimum atomic E-state index is -0.632. The summed E-state index contributed by atoms with van der Waals surface area (Å²) in [7, 11) is 0. The molecule has 11 rings (SSSR count). The van der Waals surface area contributed by atoms with Crippen LogP contribution in [0.25, 0.3) is 0 Å². The molecule has 3 aliphatic carbocycles. The van der Waals surface area contributed by atoms with Gasteiger partial charge < -0.3 is 20.0 Å². The van der Waals surface area contributed by atoms with Gasteiger partial charge in [-0.05, 0) is 192 Å². The first kappa shape index (κ1) is 56.8. The van der Waals surface area contributed by atoms with Gasteiger partial charge in [0.25, 0.3) is 0 Å². The number of aliphatic carboxylic acids is 2. The van der Waals surface area contributed by atoms with Crippen molar-refractivity contribution in [2.24, 2.45) is 40.9 Å². The normalized spacial score (nSPS) is 25.6. The standard InChI is InChI=1S/C35H48N2O2.C34H47FN2O2/c1-26-7-5-12-30(19-26)32-25-37(33(34(38)39)20-27-10-6-11-27)24-31(32)23-36-17-13-29(14-18-36)22-35(15-16-35)21-28-8-3-2-4-9-28;1-25-6-4-11-29(20-25)32-24-37(33(34(38)39)21-28-7-2-3-8-28)23-30(32)22-36-18-16-27(17-19-36)10-5-9-26-12-14-31(35)15-13-26/h2-5,7-9,12,19,27,29,31-33H,6,10-11,13-18,20-25H2,1H3,(H,38,39);4,6,11-15,20,27-28,30,32-33H,2-3,5,7-10,16-19,21-24H2,1H3,(H,38,39)/t31-,32+,33+;30-,32+,33+/m00/s1. The van der Waals surface area contributed by atoms with Crippen molar-refractivity contribution in [1.82, 2.24) is 19.6 Å². The average molecular weight is 1060 g/mol.